The van der Waals surface area contributed by atoms with Crippen LogP contribution in [-0.2, 0) is 14.4 Å². The summed E-state index contributed by atoms with van der Waals surface area (Å²) in [6.07, 6.45) is -0.950. The van der Waals surface area contributed by atoms with E-state index in [1.54, 1.807) is 0 Å². The van der Waals surface area contributed by atoms with Gasteiger partial charge < -0.3 is 20.4 Å². The zero-order valence-corrected chi connectivity index (χ0v) is 7.30. The number of carboxylic acid groups (broad SMARTS) is 3. The van der Waals surface area contributed by atoms with Crippen LogP contribution < -0.4 is 0 Å². The Morgan fingerprint density at radius 1 is 1.20 bits per heavy atom. The van der Waals surface area contributed by atoms with E-state index < -0.39 is 35.8 Å². The zero-order chi connectivity index (χ0) is 11.5. The second kappa shape index (κ2) is 6.06. The molecule has 0 aliphatic rings. The molecule has 0 heterocycles. The monoisotopic (exact) mass is 230 g/mol. The van der Waals surface area contributed by atoms with Crippen LogP contribution in [0.4, 0.5) is 0 Å². The van der Waals surface area contributed by atoms with Crippen LogP contribution in [0.25, 0.3) is 0 Å². The molecule has 0 rings (SSSR count). The summed E-state index contributed by atoms with van der Waals surface area (Å²) >= 11 is 0. The van der Waals surface area contributed by atoms with Gasteiger partial charge in [-0.3, -0.25) is 9.59 Å². The summed E-state index contributed by atoms with van der Waals surface area (Å²) in [5.74, 6) is -6.80. The van der Waals surface area contributed by atoms with Crippen LogP contribution in [0.3, 0.4) is 0 Å². The zero-order valence-electron chi connectivity index (χ0n) is 7.30. The first-order chi connectivity index (χ1) is 6.19. The maximum atomic E-state index is 10.5. The molecule has 15 heavy (non-hydrogen) atoms. The van der Waals surface area contributed by atoms with Crippen molar-refractivity contribution in [1.82, 2.24) is 0 Å². The van der Waals surface area contributed by atoms with E-state index in [0.717, 1.165) is 6.92 Å². The number of carboxylic acids is 3. The molecule has 0 saturated carbocycles. The Morgan fingerprint density at radius 2 is 1.60 bits per heavy atom. The minimum atomic E-state index is -2.59. The SMILES string of the molecule is CC(O)(C(=O)O)C(CC(=O)O)C(=O)O.[NaH]. The Hall–Kier alpha value is -0.630. The van der Waals surface area contributed by atoms with E-state index in [0.29, 0.717) is 0 Å². The van der Waals surface area contributed by atoms with Crippen molar-refractivity contribution in [2.24, 2.45) is 5.92 Å². The van der Waals surface area contributed by atoms with Crippen molar-refractivity contribution >= 4 is 47.5 Å². The van der Waals surface area contributed by atoms with E-state index >= 15 is 0 Å². The molecule has 0 amide bonds. The van der Waals surface area contributed by atoms with Gasteiger partial charge in [-0.25, -0.2) is 4.79 Å². The van der Waals surface area contributed by atoms with E-state index in [1.807, 2.05) is 0 Å². The predicted octanol–water partition coefficient (Wildman–Crippen LogP) is -1.65. The summed E-state index contributed by atoms with van der Waals surface area (Å²) in [6.45, 7) is 0.747. The van der Waals surface area contributed by atoms with Crippen molar-refractivity contribution in [3.8, 4) is 0 Å². The molecule has 0 aliphatic carbocycles. The molecule has 0 bridgehead atoms. The molecule has 2 unspecified atom stereocenters. The molecule has 82 valence electrons. The van der Waals surface area contributed by atoms with Gasteiger partial charge in [-0.2, -0.15) is 0 Å². The van der Waals surface area contributed by atoms with Crippen LogP contribution in [-0.4, -0.2) is 73.5 Å². The molecule has 0 aromatic carbocycles. The van der Waals surface area contributed by atoms with Gasteiger partial charge in [0.1, 0.15) is 5.92 Å². The molecule has 4 N–H and O–H groups in total. The summed E-state index contributed by atoms with van der Waals surface area (Å²) in [7, 11) is 0. The fraction of sp³-hybridized carbons (Fsp3) is 0.571. The molecule has 0 saturated heterocycles. The normalized spacial score (nSPS) is 15.6. The minimum absolute atomic E-state index is 0. The van der Waals surface area contributed by atoms with Gasteiger partial charge in [-0.15, -0.1) is 0 Å². The van der Waals surface area contributed by atoms with Crippen LogP contribution in [0.2, 0.25) is 0 Å². The number of hydrogen-bond acceptors (Lipinski definition) is 4. The number of carbonyl (C=O) groups is 3. The number of aliphatic hydroxyl groups is 1. The molecule has 0 spiro atoms. The molecule has 0 aliphatic heterocycles. The van der Waals surface area contributed by atoms with Gasteiger partial charge in [-0.05, 0) is 6.92 Å². The van der Waals surface area contributed by atoms with Gasteiger partial charge in [-0.1, -0.05) is 0 Å². The van der Waals surface area contributed by atoms with Crippen LogP contribution in [0, 0.1) is 5.92 Å². The Labute approximate surface area is 107 Å². The molecule has 0 aromatic heterocycles. The van der Waals surface area contributed by atoms with E-state index in [2.05, 4.69) is 0 Å². The van der Waals surface area contributed by atoms with Crippen LogP contribution in [0.1, 0.15) is 13.3 Å². The summed E-state index contributed by atoms with van der Waals surface area (Å²) in [4.78, 5) is 31.2. The second-order valence-electron chi connectivity index (χ2n) is 2.94. The van der Waals surface area contributed by atoms with Gasteiger partial charge in [0.25, 0.3) is 0 Å². The maximum absolute atomic E-state index is 10.5. The van der Waals surface area contributed by atoms with Crippen LogP contribution in [0.5, 0.6) is 0 Å². The number of aliphatic carboxylic acids is 3. The van der Waals surface area contributed by atoms with Crippen LogP contribution in [0.15, 0.2) is 0 Å². The Bertz CT molecular complexity index is 273. The van der Waals surface area contributed by atoms with E-state index in [9.17, 15) is 19.5 Å². The number of hydrogen-bond donors (Lipinski definition) is 4. The fourth-order valence-corrected chi connectivity index (χ4v) is 0.850. The quantitative estimate of drug-likeness (QED) is 0.416. The molecular formula is C7H11NaO7. The third kappa shape index (κ3) is 4.61. The van der Waals surface area contributed by atoms with E-state index in [-0.39, 0.29) is 29.6 Å². The average Bonchev–Trinajstić information content (AvgIpc) is 1.98. The molecule has 0 fully saturated rings. The second-order valence-corrected chi connectivity index (χ2v) is 2.94. The Kier molecular flexibility index (Phi) is 6.78. The van der Waals surface area contributed by atoms with Crippen molar-refractivity contribution in [3.05, 3.63) is 0 Å². The molecule has 2 atom stereocenters. The first kappa shape index (κ1) is 16.8. The van der Waals surface area contributed by atoms with Gasteiger partial charge in [0.05, 0.1) is 6.42 Å². The first-order valence-corrected chi connectivity index (χ1v) is 3.60. The molecule has 0 radical (unpaired) electrons. The molecule has 0 aromatic rings. The summed E-state index contributed by atoms with van der Waals surface area (Å²) in [5.41, 5.74) is -2.59. The van der Waals surface area contributed by atoms with Crippen molar-refractivity contribution in [1.29, 1.82) is 0 Å². The molecule has 8 heteroatoms. The Balaban J connectivity index is 0. The summed E-state index contributed by atoms with van der Waals surface area (Å²) in [6, 6.07) is 0. The van der Waals surface area contributed by atoms with Crippen molar-refractivity contribution in [3.63, 3.8) is 0 Å². The fourth-order valence-electron chi connectivity index (χ4n) is 0.850. The van der Waals surface area contributed by atoms with Gasteiger partial charge in [0, 0.05) is 0 Å². The molecular weight excluding hydrogens is 219 g/mol. The van der Waals surface area contributed by atoms with Crippen molar-refractivity contribution < 1.29 is 34.8 Å². The standard InChI is InChI=1S/C7H10O7.Na.H/c1-7(14,6(12)13)3(5(10)11)2-4(8)9;;/h3,14H,2H2,1H3,(H,8,9)(H,10,11)(H,12,13);;. The van der Waals surface area contributed by atoms with Crippen molar-refractivity contribution in [2.45, 2.75) is 18.9 Å². The first-order valence-electron chi connectivity index (χ1n) is 3.60. The Morgan fingerprint density at radius 3 is 1.80 bits per heavy atom. The van der Waals surface area contributed by atoms with Crippen molar-refractivity contribution in [2.75, 3.05) is 0 Å². The van der Waals surface area contributed by atoms with E-state index in [1.165, 1.54) is 0 Å². The third-order valence-electron chi connectivity index (χ3n) is 1.79. The molecule has 7 nitrogen and oxygen atoms in total. The third-order valence-corrected chi connectivity index (χ3v) is 1.79. The number of rotatable bonds is 5. The summed E-state index contributed by atoms with van der Waals surface area (Å²) in [5, 5.41) is 34.5. The van der Waals surface area contributed by atoms with Gasteiger partial charge >= 0.3 is 47.5 Å². The van der Waals surface area contributed by atoms with Crippen LogP contribution >= 0.6 is 0 Å². The predicted molar refractivity (Wildman–Crippen MR) is 48.8 cm³/mol. The van der Waals surface area contributed by atoms with E-state index in [4.69, 9.17) is 15.3 Å². The average molecular weight is 230 g/mol. The summed E-state index contributed by atoms with van der Waals surface area (Å²) < 4.78 is 0. The van der Waals surface area contributed by atoms with Gasteiger partial charge in [0.2, 0.25) is 0 Å². The topological polar surface area (TPSA) is 132 Å². The van der Waals surface area contributed by atoms with Gasteiger partial charge in [0.15, 0.2) is 5.60 Å².